The summed E-state index contributed by atoms with van der Waals surface area (Å²) in [6.07, 6.45) is -10.1. The van der Waals surface area contributed by atoms with E-state index < -0.39 is 46.4 Å². The molecule has 0 aromatic heterocycles. The quantitative estimate of drug-likeness (QED) is 0.350. The Bertz CT molecular complexity index is 1200. The van der Waals surface area contributed by atoms with Gasteiger partial charge in [-0.2, -0.15) is 26.3 Å². The van der Waals surface area contributed by atoms with Gasteiger partial charge in [-0.3, -0.25) is 9.59 Å². The fourth-order valence-electron chi connectivity index (χ4n) is 5.42. The lowest BCUT2D eigenvalue weighted by Crippen LogP contribution is -2.51. The number of nitrogens with zero attached hydrogens (tertiary/aromatic N) is 2. The van der Waals surface area contributed by atoms with Gasteiger partial charge < -0.3 is 15.1 Å². The number of nitrogens with one attached hydrogen (secondary N) is 1. The zero-order valence-corrected chi connectivity index (χ0v) is 23.4. The molecule has 2 aromatic carbocycles. The molecule has 1 heterocycles. The second-order valence-electron chi connectivity index (χ2n) is 11.0. The van der Waals surface area contributed by atoms with Crippen LogP contribution in [0.1, 0.15) is 49.9 Å². The summed E-state index contributed by atoms with van der Waals surface area (Å²) in [5, 5.41) is 2.34. The normalized spacial score (nSPS) is 20.1. The average Bonchev–Trinajstić information content (AvgIpc) is 3.08. The van der Waals surface area contributed by atoms with Gasteiger partial charge in [-0.05, 0) is 55.6 Å². The maximum Gasteiger partial charge on any atom is 0.416 e. The lowest BCUT2D eigenvalue weighted by atomic mass is 9.77. The van der Waals surface area contributed by atoms with Gasteiger partial charge in [0.15, 0.2) is 0 Å². The van der Waals surface area contributed by atoms with Gasteiger partial charge in [-0.1, -0.05) is 45.9 Å². The number of benzene rings is 2. The van der Waals surface area contributed by atoms with Gasteiger partial charge in [-0.15, -0.1) is 0 Å². The van der Waals surface area contributed by atoms with Crippen LogP contribution in [0.4, 0.5) is 37.7 Å². The first kappa shape index (κ1) is 31.4. The van der Waals surface area contributed by atoms with Crippen LogP contribution in [0, 0.1) is 31.1 Å². The minimum atomic E-state index is -5.07. The molecule has 220 valence electrons. The van der Waals surface area contributed by atoms with Gasteiger partial charge in [0.1, 0.15) is 0 Å². The van der Waals surface area contributed by atoms with E-state index in [0.29, 0.717) is 30.9 Å². The van der Waals surface area contributed by atoms with Gasteiger partial charge in [0.2, 0.25) is 11.8 Å². The number of para-hydroxylation sites is 1. The molecule has 0 bridgehead atoms. The number of carbonyl (C=O) groups excluding carboxylic acids is 2. The van der Waals surface area contributed by atoms with E-state index in [9.17, 15) is 35.9 Å². The van der Waals surface area contributed by atoms with Gasteiger partial charge in [0.25, 0.3) is 0 Å². The molecule has 1 saturated heterocycles. The smallest absolute Gasteiger partial charge is 0.325 e. The number of hydrogen-bond acceptors (Lipinski definition) is 3. The summed E-state index contributed by atoms with van der Waals surface area (Å²) < 4.78 is 80.9. The number of hydrogen-bond donors (Lipinski definition) is 1. The zero-order chi connectivity index (χ0) is 30.2. The van der Waals surface area contributed by atoms with Gasteiger partial charge >= 0.3 is 12.4 Å². The third-order valence-electron chi connectivity index (χ3n) is 7.49. The summed E-state index contributed by atoms with van der Waals surface area (Å²) in [7, 11) is 0. The summed E-state index contributed by atoms with van der Waals surface area (Å²) in [5.41, 5.74) is -2.91. The number of anilines is 2. The van der Waals surface area contributed by atoms with E-state index in [1.54, 1.807) is 6.92 Å². The molecule has 0 radical (unpaired) electrons. The molecule has 1 N–H and O–H groups in total. The highest BCUT2D eigenvalue weighted by atomic mass is 19.4. The second kappa shape index (κ2) is 11.4. The van der Waals surface area contributed by atoms with Crippen LogP contribution in [0.3, 0.4) is 0 Å². The Morgan fingerprint density at radius 2 is 1.57 bits per heavy atom. The predicted octanol–water partition coefficient (Wildman–Crippen LogP) is 6.93. The van der Waals surface area contributed by atoms with Gasteiger partial charge in [-0.25, -0.2) is 0 Å². The lowest BCUT2D eigenvalue weighted by molar-refractivity contribution is -0.143. The van der Waals surface area contributed by atoms with Gasteiger partial charge in [0.05, 0.1) is 22.5 Å². The van der Waals surface area contributed by atoms with E-state index in [-0.39, 0.29) is 31.0 Å². The first-order valence-electron chi connectivity index (χ1n) is 13.1. The number of amides is 2. The Morgan fingerprint density at radius 1 is 1.05 bits per heavy atom. The monoisotopic (exact) mass is 571 g/mol. The Kier molecular flexibility index (Phi) is 8.98. The number of aryl methyl sites for hydroxylation is 2. The van der Waals surface area contributed by atoms with Crippen molar-refractivity contribution in [3.05, 3.63) is 58.7 Å². The zero-order valence-electron chi connectivity index (χ0n) is 23.4. The molecule has 5 nitrogen and oxygen atoms in total. The van der Waals surface area contributed by atoms with Crippen LogP contribution >= 0.6 is 0 Å². The Morgan fingerprint density at radius 3 is 2.02 bits per heavy atom. The molecular weight excluding hydrogens is 536 g/mol. The van der Waals surface area contributed by atoms with Crippen LogP contribution < -0.4 is 10.2 Å². The Labute approximate surface area is 230 Å². The van der Waals surface area contributed by atoms with E-state index in [0.717, 1.165) is 11.1 Å². The van der Waals surface area contributed by atoms with Crippen LogP contribution in [0.5, 0.6) is 0 Å². The van der Waals surface area contributed by atoms with E-state index in [1.807, 2.05) is 57.7 Å². The molecule has 3 rings (SSSR count). The van der Waals surface area contributed by atoms with E-state index >= 15 is 0 Å². The Balaban J connectivity index is 2.12. The van der Waals surface area contributed by atoms with Gasteiger partial charge in [0, 0.05) is 31.0 Å². The fourth-order valence-corrected chi connectivity index (χ4v) is 5.42. The van der Waals surface area contributed by atoms with Crippen molar-refractivity contribution in [2.24, 2.45) is 17.3 Å². The average molecular weight is 572 g/mol. The number of carbonyl (C=O) groups is 2. The minimum Gasteiger partial charge on any atom is -0.325 e. The number of alkyl halides is 6. The van der Waals surface area contributed by atoms with Crippen molar-refractivity contribution in [2.75, 3.05) is 36.4 Å². The summed E-state index contributed by atoms with van der Waals surface area (Å²) >= 11 is 0. The molecule has 1 aliphatic rings. The standard InChI is InChI=1S/C29H35F6N3O2/c1-7-37(14-17(2)3)15-27(16-38(25(39)20(27)6)24-18(4)9-8-10-19(24)5)26(40)36-23-12-21(28(30,31)32)11-22(13-23)29(33,34)35/h8-13,17,20H,7,14-16H2,1-6H3,(H,36,40)/t20?,27-/m1/s1. The number of rotatable bonds is 8. The SMILES string of the molecule is CCN(CC(C)C)C[C@@]1(C(=O)Nc2cc(C(F)(F)F)cc(C(F)(F)F)c2)CN(c2c(C)cccc2C)C(=O)C1C. The summed E-state index contributed by atoms with van der Waals surface area (Å²) in [6.45, 7) is 12.2. The maximum absolute atomic E-state index is 14.0. The molecule has 0 spiro atoms. The molecule has 1 aliphatic heterocycles. The van der Waals surface area contributed by atoms with Crippen LogP contribution in [0.2, 0.25) is 0 Å². The first-order chi connectivity index (χ1) is 18.4. The summed E-state index contributed by atoms with van der Waals surface area (Å²) in [6, 6.07) is 6.48. The van der Waals surface area contributed by atoms with Crippen molar-refractivity contribution < 1.29 is 35.9 Å². The molecule has 1 unspecified atom stereocenters. The van der Waals surface area contributed by atoms with Crippen molar-refractivity contribution in [3.63, 3.8) is 0 Å². The van der Waals surface area contributed by atoms with E-state index in [2.05, 4.69) is 5.32 Å². The lowest BCUT2D eigenvalue weighted by Gasteiger charge is -2.36. The fraction of sp³-hybridized carbons (Fsp3) is 0.517. The third kappa shape index (κ3) is 6.45. The largest absolute Gasteiger partial charge is 0.416 e. The van der Waals surface area contributed by atoms with Crippen LogP contribution in [0.25, 0.3) is 0 Å². The van der Waals surface area contributed by atoms with Crippen LogP contribution in [-0.2, 0) is 21.9 Å². The molecule has 0 saturated carbocycles. The predicted molar refractivity (Wildman–Crippen MR) is 142 cm³/mol. The highest BCUT2D eigenvalue weighted by Gasteiger charge is 2.56. The highest BCUT2D eigenvalue weighted by Crippen LogP contribution is 2.44. The third-order valence-corrected chi connectivity index (χ3v) is 7.49. The molecule has 2 aromatic rings. The topological polar surface area (TPSA) is 52.7 Å². The molecular formula is C29H35F6N3O2. The molecule has 2 amide bonds. The van der Waals surface area contributed by atoms with E-state index in [4.69, 9.17) is 0 Å². The van der Waals surface area contributed by atoms with Crippen molar-refractivity contribution in [1.29, 1.82) is 0 Å². The van der Waals surface area contributed by atoms with Crippen LogP contribution in [0.15, 0.2) is 36.4 Å². The highest BCUT2D eigenvalue weighted by molar-refractivity contribution is 6.08. The number of halogens is 6. The second-order valence-corrected chi connectivity index (χ2v) is 11.0. The van der Waals surface area contributed by atoms with E-state index in [1.165, 1.54) is 4.90 Å². The molecule has 11 heteroatoms. The van der Waals surface area contributed by atoms with Crippen molar-refractivity contribution in [1.82, 2.24) is 4.90 Å². The van der Waals surface area contributed by atoms with Crippen LogP contribution in [-0.4, -0.2) is 42.9 Å². The van der Waals surface area contributed by atoms with Crippen molar-refractivity contribution in [2.45, 2.75) is 53.9 Å². The summed E-state index contributed by atoms with van der Waals surface area (Å²) in [4.78, 5) is 31.2. The molecule has 1 fully saturated rings. The van der Waals surface area contributed by atoms with Crippen molar-refractivity contribution in [3.8, 4) is 0 Å². The molecule has 40 heavy (non-hydrogen) atoms. The van der Waals surface area contributed by atoms with Crippen molar-refractivity contribution >= 4 is 23.2 Å². The Hall–Kier alpha value is -3.08. The minimum absolute atomic E-state index is 0.0112. The first-order valence-corrected chi connectivity index (χ1v) is 13.1. The maximum atomic E-state index is 14.0. The molecule has 0 aliphatic carbocycles. The summed E-state index contributed by atoms with van der Waals surface area (Å²) in [5.74, 6) is -1.84. The molecule has 2 atom stereocenters.